The molecule has 0 radical (unpaired) electrons. The van der Waals surface area contributed by atoms with Crippen molar-refractivity contribution in [2.45, 2.75) is 87.3 Å². The average molecular weight is 586 g/mol. The fraction of sp³-hybridized carbons (Fsp3) is 0.762. The van der Waals surface area contributed by atoms with E-state index in [1.165, 1.54) is 4.68 Å². The summed E-state index contributed by atoms with van der Waals surface area (Å²) in [4.78, 5) is 0. The SMILES string of the molecule is CC(C)(C)c1nn(C2CC(SOO[O-])CCC2S(=O)(=O)[O-])c(N)c1N=NC1CCC(C#N)C(C#N)C1.[Na+].[Na+]. The van der Waals surface area contributed by atoms with Crippen LogP contribution in [0.3, 0.4) is 0 Å². The summed E-state index contributed by atoms with van der Waals surface area (Å²) in [6, 6.07) is 3.16. The van der Waals surface area contributed by atoms with Gasteiger partial charge in [-0.3, -0.25) is 5.04 Å². The van der Waals surface area contributed by atoms with Gasteiger partial charge >= 0.3 is 59.1 Å². The van der Waals surface area contributed by atoms with Crippen LogP contribution in [-0.2, 0) is 24.9 Å². The number of nitriles is 2. The third kappa shape index (κ3) is 8.61. The molecule has 0 saturated heterocycles. The fourth-order valence-corrected chi connectivity index (χ4v) is 6.51. The molecule has 0 aliphatic heterocycles. The summed E-state index contributed by atoms with van der Waals surface area (Å²) in [5.74, 6) is -0.704. The minimum absolute atomic E-state index is 0. The van der Waals surface area contributed by atoms with Crippen LogP contribution in [-0.4, -0.2) is 39.3 Å². The Morgan fingerprint density at radius 2 is 1.79 bits per heavy atom. The molecule has 2 aliphatic rings. The Hall–Kier alpha value is -0.270. The molecule has 2 fully saturated rings. The van der Waals surface area contributed by atoms with Crippen LogP contribution in [0.5, 0.6) is 0 Å². The Labute approximate surface area is 271 Å². The molecule has 6 unspecified atom stereocenters. The first kappa shape index (κ1) is 35.8. The van der Waals surface area contributed by atoms with Crippen molar-refractivity contribution in [1.29, 1.82) is 10.5 Å². The van der Waals surface area contributed by atoms with Crippen LogP contribution in [0, 0.1) is 34.5 Å². The first-order valence-electron chi connectivity index (χ1n) is 11.6. The third-order valence-corrected chi connectivity index (χ3v) is 8.83. The van der Waals surface area contributed by atoms with Gasteiger partial charge in [0.15, 0.2) is 5.69 Å². The number of anilines is 1. The van der Waals surface area contributed by atoms with Crippen LogP contribution >= 0.6 is 12.0 Å². The van der Waals surface area contributed by atoms with Crippen molar-refractivity contribution < 1.29 is 86.7 Å². The van der Waals surface area contributed by atoms with Crippen molar-refractivity contribution in [2.24, 2.45) is 22.1 Å². The van der Waals surface area contributed by atoms with Crippen LogP contribution in [0.1, 0.15) is 71.0 Å². The maximum Gasteiger partial charge on any atom is 1.00 e. The molecule has 0 bridgehead atoms. The van der Waals surface area contributed by atoms with Gasteiger partial charge in [-0.05, 0) is 38.5 Å². The molecule has 0 amide bonds. The van der Waals surface area contributed by atoms with Crippen LogP contribution in [0.15, 0.2) is 10.2 Å². The van der Waals surface area contributed by atoms with Crippen molar-refractivity contribution in [3.05, 3.63) is 5.69 Å². The number of nitrogens with two attached hydrogens (primary N) is 1. The van der Waals surface area contributed by atoms with Crippen molar-refractivity contribution >= 4 is 33.7 Å². The number of aromatic nitrogens is 2. The first-order chi connectivity index (χ1) is 16.9. The van der Waals surface area contributed by atoms with E-state index in [2.05, 4.69) is 36.8 Å². The second-order valence-electron chi connectivity index (χ2n) is 10.2. The Morgan fingerprint density at radius 1 is 1.13 bits per heavy atom. The molecule has 38 heavy (non-hydrogen) atoms. The van der Waals surface area contributed by atoms with Crippen LogP contribution in [0.25, 0.3) is 0 Å². The predicted octanol–water partition coefficient (Wildman–Crippen LogP) is -3.43. The second kappa shape index (κ2) is 15.1. The molecule has 2 saturated carbocycles. The van der Waals surface area contributed by atoms with Crippen molar-refractivity contribution in [2.75, 3.05) is 5.73 Å². The molecular weight excluding hydrogens is 556 g/mol. The van der Waals surface area contributed by atoms with Crippen molar-refractivity contribution in [1.82, 2.24) is 9.78 Å². The smallest absolute Gasteiger partial charge is 0.748 e. The molecule has 1 aromatic heterocycles. The quantitative estimate of drug-likeness (QED) is 0.0829. The van der Waals surface area contributed by atoms with Gasteiger partial charge in [0.2, 0.25) is 0 Å². The summed E-state index contributed by atoms with van der Waals surface area (Å²) in [7, 11) is -4.69. The average Bonchev–Trinajstić information content (AvgIpc) is 3.16. The summed E-state index contributed by atoms with van der Waals surface area (Å²) in [6.07, 6.45) is 2.04. The van der Waals surface area contributed by atoms with Gasteiger partial charge in [-0.1, -0.05) is 20.8 Å². The number of hydrogen-bond donors (Lipinski definition) is 1. The molecule has 13 nitrogen and oxygen atoms in total. The number of hydrogen-bond acceptors (Lipinski definition) is 13. The Bertz CT molecular complexity index is 1160. The molecule has 1 aromatic rings. The van der Waals surface area contributed by atoms with E-state index in [0.717, 1.165) is 12.0 Å². The second-order valence-corrected chi connectivity index (χ2v) is 12.8. The van der Waals surface area contributed by atoms with E-state index >= 15 is 0 Å². The minimum atomic E-state index is -4.69. The van der Waals surface area contributed by atoms with Crippen LogP contribution < -0.4 is 70.1 Å². The van der Waals surface area contributed by atoms with E-state index < -0.39 is 32.7 Å². The third-order valence-electron chi connectivity index (χ3n) is 6.70. The maximum absolute atomic E-state index is 12.1. The molecule has 198 valence electrons. The van der Waals surface area contributed by atoms with E-state index in [9.17, 15) is 28.8 Å². The Balaban J connectivity index is 0.00000361. The Kier molecular flexibility index (Phi) is 14.2. The summed E-state index contributed by atoms with van der Waals surface area (Å²) in [6.45, 7) is 5.67. The minimum Gasteiger partial charge on any atom is -0.748 e. The Morgan fingerprint density at radius 3 is 2.34 bits per heavy atom. The van der Waals surface area contributed by atoms with E-state index in [-0.39, 0.29) is 101 Å². The van der Waals surface area contributed by atoms with Crippen molar-refractivity contribution in [3.8, 4) is 12.1 Å². The number of azo groups is 1. The largest absolute Gasteiger partial charge is 1.00 e. The van der Waals surface area contributed by atoms with Gasteiger partial charge in [0.05, 0.1) is 57.1 Å². The number of nitrogen functional groups attached to an aromatic ring is 1. The molecule has 17 heteroatoms. The van der Waals surface area contributed by atoms with Gasteiger partial charge in [-0.25, -0.2) is 13.1 Å². The number of rotatable bonds is 7. The van der Waals surface area contributed by atoms with Crippen LogP contribution in [0.2, 0.25) is 0 Å². The fourth-order valence-electron chi connectivity index (χ4n) is 4.82. The molecule has 6 atom stereocenters. The van der Waals surface area contributed by atoms with Crippen LogP contribution in [0.4, 0.5) is 11.5 Å². The van der Waals surface area contributed by atoms with Gasteiger partial charge in [-0.2, -0.15) is 25.1 Å². The van der Waals surface area contributed by atoms with Gasteiger partial charge < -0.3 is 15.5 Å². The van der Waals surface area contributed by atoms with E-state index in [4.69, 9.17) is 5.73 Å². The summed E-state index contributed by atoms with van der Waals surface area (Å²) < 4.78 is 42.0. The maximum atomic E-state index is 12.1. The van der Waals surface area contributed by atoms with Gasteiger partial charge in [-0.15, -0.1) is 5.11 Å². The molecule has 2 aliphatic carbocycles. The summed E-state index contributed by atoms with van der Waals surface area (Å²) in [5, 5.41) is 44.1. The molecule has 2 N–H and O–H groups in total. The van der Waals surface area contributed by atoms with Gasteiger partial charge in [0.1, 0.15) is 5.82 Å². The van der Waals surface area contributed by atoms with E-state index in [1.807, 2.05) is 20.8 Å². The molecule has 0 aromatic carbocycles. The standard InChI is InChI=1S/C21H31N7O6S2.2Na/c1-21(2,3)19-18(26-25-14-5-4-12(10-22)13(8-14)11-23)20(24)28(27-19)16-9-15(35-34-33-29)6-7-17(16)36(30,31)32;;/h12-17,29H,4-9,24H2,1-3H3,(H,30,31,32);;/q;2*+1/p-2. The zero-order valence-electron chi connectivity index (χ0n) is 22.2. The molecular formula is C21H29N7Na2O6S2. The topological polar surface area (TPSA) is 215 Å². The molecule has 3 rings (SSSR count). The number of nitrogens with zero attached hydrogens (tertiary/aromatic N) is 6. The van der Waals surface area contributed by atoms with Gasteiger partial charge in [0.25, 0.3) is 0 Å². The van der Waals surface area contributed by atoms with E-state index in [1.54, 1.807) is 0 Å². The van der Waals surface area contributed by atoms with Crippen molar-refractivity contribution in [3.63, 3.8) is 0 Å². The molecule has 0 spiro atoms. The predicted molar refractivity (Wildman–Crippen MR) is 126 cm³/mol. The summed E-state index contributed by atoms with van der Waals surface area (Å²) >= 11 is 0.759. The summed E-state index contributed by atoms with van der Waals surface area (Å²) in [5.41, 5.74) is 6.64. The van der Waals surface area contributed by atoms with E-state index in [0.29, 0.717) is 31.4 Å². The van der Waals surface area contributed by atoms with Gasteiger partial charge in [0, 0.05) is 22.7 Å². The zero-order valence-corrected chi connectivity index (χ0v) is 27.9. The monoisotopic (exact) mass is 585 g/mol. The first-order valence-corrected chi connectivity index (χ1v) is 13.8. The normalized spacial score (nSPS) is 28.1. The molecule has 1 heterocycles. The zero-order chi connectivity index (χ0) is 26.7.